The molecule has 0 aromatic carbocycles. The Morgan fingerprint density at radius 3 is 3.00 bits per heavy atom. The van der Waals surface area contributed by atoms with Crippen LogP contribution in [0, 0.1) is 5.92 Å². The van der Waals surface area contributed by atoms with E-state index in [-0.39, 0.29) is 6.61 Å². The van der Waals surface area contributed by atoms with Crippen LogP contribution in [0.3, 0.4) is 0 Å². The first kappa shape index (κ1) is 13.1. The summed E-state index contributed by atoms with van der Waals surface area (Å²) in [5.74, 6) is 0.377. The molecule has 0 aliphatic carbocycles. The Hall–Kier alpha value is -0.350. The molecule has 5 heteroatoms. The summed E-state index contributed by atoms with van der Waals surface area (Å²) in [6.07, 6.45) is 2.22. The lowest BCUT2D eigenvalue weighted by molar-refractivity contribution is 0.115. The maximum atomic E-state index is 9.18. The normalized spacial score (nSPS) is 21.7. The van der Waals surface area contributed by atoms with Gasteiger partial charge in [-0.25, -0.2) is 4.98 Å². The van der Waals surface area contributed by atoms with Gasteiger partial charge in [0.2, 0.25) is 0 Å². The zero-order valence-corrected chi connectivity index (χ0v) is 11.1. The van der Waals surface area contributed by atoms with Crippen molar-refractivity contribution >= 4 is 23.2 Å². The summed E-state index contributed by atoms with van der Waals surface area (Å²) in [5.41, 5.74) is 0.817. The Morgan fingerprint density at radius 2 is 2.24 bits per heavy atom. The monoisotopic (exact) mass is 274 g/mol. The smallest absolute Gasteiger partial charge is 0.129 e. The second-order valence-corrected chi connectivity index (χ2v) is 5.28. The van der Waals surface area contributed by atoms with Crippen LogP contribution in [0.4, 0.5) is 0 Å². The van der Waals surface area contributed by atoms with Gasteiger partial charge >= 0.3 is 0 Å². The molecule has 1 atom stereocenters. The fraction of sp³-hybridized carbons (Fsp3) is 0.583. The second-order valence-electron chi connectivity index (χ2n) is 4.49. The van der Waals surface area contributed by atoms with E-state index in [1.165, 1.54) is 0 Å². The van der Waals surface area contributed by atoms with E-state index in [0.29, 0.717) is 22.6 Å². The van der Waals surface area contributed by atoms with E-state index < -0.39 is 0 Å². The number of hydrogen-bond acceptors (Lipinski definition) is 3. The van der Waals surface area contributed by atoms with Crippen LogP contribution in [-0.2, 0) is 6.54 Å². The average Bonchev–Trinajstić information content (AvgIpc) is 2.34. The number of aliphatic hydroxyl groups is 1. The number of rotatable bonds is 3. The van der Waals surface area contributed by atoms with Crippen molar-refractivity contribution in [1.29, 1.82) is 0 Å². The molecular weight excluding hydrogens is 259 g/mol. The Kier molecular flexibility index (Phi) is 4.62. The van der Waals surface area contributed by atoms with Crippen molar-refractivity contribution in [3.8, 4) is 0 Å². The molecule has 0 bridgehead atoms. The topological polar surface area (TPSA) is 36.4 Å². The number of aliphatic hydroxyl groups excluding tert-OH is 1. The van der Waals surface area contributed by atoms with E-state index in [1.807, 2.05) is 0 Å². The molecule has 2 heterocycles. The molecule has 0 radical (unpaired) electrons. The zero-order chi connectivity index (χ0) is 12.3. The summed E-state index contributed by atoms with van der Waals surface area (Å²) in [7, 11) is 0. The van der Waals surface area contributed by atoms with Gasteiger partial charge in [0.15, 0.2) is 0 Å². The lowest BCUT2D eigenvalue weighted by Crippen LogP contribution is -2.36. The third kappa shape index (κ3) is 3.55. The Bertz CT molecular complexity index is 387. The average molecular weight is 275 g/mol. The van der Waals surface area contributed by atoms with Gasteiger partial charge in [-0.2, -0.15) is 0 Å². The highest BCUT2D eigenvalue weighted by molar-refractivity contribution is 6.32. The number of piperidine rings is 1. The van der Waals surface area contributed by atoms with Gasteiger partial charge in [0, 0.05) is 19.7 Å². The molecule has 0 spiro atoms. The van der Waals surface area contributed by atoms with Crippen LogP contribution in [0.1, 0.15) is 18.5 Å². The van der Waals surface area contributed by atoms with Crippen molar-refractivity contribution in [2.24, 2.45) is 5.92 Å². The van der Waals surface area contributed by atoms with Crippen molar-refractivity contribution in [3.63, 3.8) is 0 Å². The number of nitrogens with zero attached hydrogens (tertiary/aromatic N) is 2. The first-order valence-corrected chi connectivity index (χ1v) is 6.58. The van der Waals surface area contributed by atoms with Crippen LogP contribution >= 0.6 is 23.2 Å². The molecule has 1 aliphatic heterocycles. The van der Waals surface area contributed by atoms with Crippen molar-refractivity contribution in [3.05, 3.63) is 28.0 Å². The summed E-state index contributed by atoms with van der Waals surface area (Å²) >= 11 is 12.0. The van der Waals surface area contributed by atoms with E-state index in [9.17, 15) is 5.11 Å². The Morgan fingerprint density at radius 1 is 1.41 bits per heavy atom. The third-order valence-corrected chi connectivity index (χ3v) is 3.67. The van der Waals surface area contributed by atoms with Gasteiger partial charge in [-0.3, -0.25) is 4.90 Å². The lowest BCUT2D eigenvalue weighted by atomic mass is 9.99. The zero-order valence-electron chi connectivity index (χ0n) is 9.57. The molecule has 17 heavy (non-hydrogen) atoms. The lowest BCUT2D eigenvalue weighted by Gasteiger charge is -2.31. The highest BCUT2D eigenvalue weighted by Crippen LogP contribution is 2.22. The number of aromatic nitrogens is 1. The minimum absolute atomic E-state index is 0.257. The first-order chi connectivity index (χ1) is 8.19. The fourth-order valence-corrected chi connectivity index (χ4v) is 2.55. The largest absolute Gasteiger partial charge is 0.396 e. The minimum Gasteiger partial charge on any atom is -0.396 e. The van der Waals surface area contributed by atoms with E-state index >= 15 is 0 Å². The van der Waals surface area contributed by atoms with Gasteiger partial charge in [-0.05, 0) is 37.4 Å². The summed E-state index contributed by atoms with van der Waals surface area (Å²) in [6.45, 7) is 2.89. The molecule has 94 valence electrons. The van der Waals surface area contributed by atoms with E-state index in [4.69, 9.17) is 23.2 Å². The van der Waals surface area contributed by atoms with Gasteiger partial charge in [0.05, 0.1) is 10.7 Å². The summed E-state index contributed by atoms with van der Waals surface area (Å²) in [4.78, 5) is 6.52. The van der Waals surface area contributed by atoms with Gasteiger partial charge < -0.3 is 5.11 Å². The van der Waals surface area contributed by atoms with Crippen LogP contribution in [0.5, 0.6) is 0 Å². The Balaban J connectivity index is 2.02. The molecule has 1 aromatic rings. The number of pyridine rings is 1. The molecule has 1 fully saturated rings. The fourth-order valence-electron chi connectivity index (χ4n) is 2.22. The number of likely N-dealkylation sites (tertiary alicyclic amines) is 1. The molecule has 2 rings (SSSR count). The predicted molar refractivity (Wildman–Crippen MR) is 69.3 cm³/mol. The molecule has 1 saturated heterocycles. The molecule has 1 unspecified atom stereocenters. The molecule has 0 saturated carbocycles. The first-order valence-electron chi connectivity index (χ1n) is 5.83. The van der Waals surface area contributed by atoms with Gasteiger partial charge in [-0.15, -0.1) is 0 Å². The standard InChI is InChI=1S/C12H16Cl2N2O/c13-10-3-4-12(14)15-11(10)7-16-5-1-2-9(6-16)8-17/h3-4,9,17H,1-2,5-8H2. The van der Waals surface area contributed by atoms with Crippen molar-refractivity contribution in [2.45, 2.75) is 19.4 Å². The maximum Gasteiger partial charge on any atom is 0.129 e. The molecule has 1 aromatic heterocycles. The van der Waals surface area contributed by atoms with E-state index in [1.54, 1.807) is 12.1 Å². The number of hydrogen-bond donors (Lipinski definition) is 1. The summed E-state index contributed by atoms with van der Waals surface area (Å²) in [6, 6.07) is 3.47. The Labute approximate surface area is 111 Å². The van der Waals surface area contributed by atoms with Crippen molar-refractivity contribution in [2.75, 3.05) is 19.7 Å². The van der Waals surface area contributed by atoms with Crippen LogP contribution < -0.4 is 0 Å². The number of halogens is 2. The van der Waals surface area contributed by atoms with Gasteiger partial charge in [-0.1, -0.05) is 23.2 Å². The van der Waals surface area contributed by atoms with E-state index in [0.717, 1.165) is 31.6 Å². The maximum absolute atomic E-state index is 9.18. The highest BCUT2D eigenvalue weighted by Gasteiger charge is 2.20. The molecule has 3 nitrogen and oxygen atoms in total. The highest BCUT2D eigenvalue weighted by atomic mass is 35.5. The second kappa shape index (κ2) is 6.01. The molecule has 1 N–H and O–H groups in total. The van der Waals surface area contributed by atoms with Gasteiger partial charge in [0.1, 0.15) is 5.15 Å². The quantitative estimate of drug-likeness (QED) is 0.861. The minimum atomic E-state index is 0.257. The van der Waals surface area contributed by atoms with Crippen LogP contribution in [0.25, 0.3) is 0 Å². The molecule has 1 aliphatic rings. The van der Waals surface area contributed by atoms with Gasteiger partial charge in [0.25, 0.3) is 0 Å². The van der Waals surface area contributed by atoms with Crippen molar-refractivity contribution in [1.82, 2.24) is 9.88 Å². The van der Waals surface area contributed by atoms with E-state index in [2.05, 4.69) is 9.88 Å². The SMILES string of the molecule is OCC1CCCN(Cc2nc(Cl)ccc2Cl)C1. The molecular formula is C12H16Cl2N2O. The van der Waals surface area contributed by atoms with Crippen LogP contribution in [0.2, 0.25) is 10.2 Å². The summed E-state index contributed by atoms with van der Waals surface area (Å²) < 4.78 is 0. The predicted octanol–water partition coefficient (Wildman–Crippen LogP) is 2.59. The van der Waals surface area contributed by atoms with Crippen LogP contribution in [0.15, 0.2) is 12.1 Å². The molecule has 0 amide bonds. The van der Waals surface area contributed by atoms with Crippen molar-refractivity contribution < 1.29 is 5.11 Å². The van der Waals surface area contributed by atoms with Crippen LogP contribution in [-0.4, -0.2) is 34.7 Å². The summed E-state index contributed by atoms with van der Waals surface area (Å²) in [5, 5.41) is 10.3. The third-order valence-electron chi connectivity index (χ3n) is 3.12.